The summed E-state index contributed by atoms with van der Waals surface area (Å²) in [6.45, 7) is 0.800. The molecule has 0 atom stereocenters. The normalized spacial score (nSPS) is 11.5. The summed E-state index contributed by atoms with van der Waals surface area (Å²) in [4.78, 5) is 13.9. The summed E-state index contributed by atoms with van der Waals surface area (Å²) < 4.78 is 22.4. The highest BCUT2D eigenvalue weighted by Crippen LogP contribution is 2.13. The SMILES string of the molecule is CN(CC(=O)Nc1ccc(S(N)(=O)=O)cc1)Cc1ccc(Cl)cc1. The number of sulfonamides is 1. The zero-order chi connectivity index (χ0) is 17.7. The number of carbonyl (C=O) groups is 1. The summed E-state index contributed by atoms with van der Waals surface area (Å²) in [6.07, 6.45) is 0. The molecule has 0 radical (unpaired) electrons. The maximum Gasteiger partial charge on any atom is 0.238 e. The Morgan fingerprint density at radius 2 is 1.71 bits per heavy atom. The van der Waals surface area contributed by atoms with Gasteiger partial charge in [0.2, 0.25) is 15.9 Å². The second-order valence-corrected chi connectivity index (χ2v) is 7.41. The van der Waals surface area contributed by atoms with E-state index >= 15 is 0 Å². The molecule has 2 aromatic rings. The Morgan fingerprint density at radius 1 is 1.12 bits per heavy atom. The third kappa shape index (κ3) is 5.61. The van der Waals surface area contributed by atoms with Gasteiger partial charge >= 0.3 is 0 Å². The number of carbonyl (C=O) groups excluding carboxylic acids is 1. The van der Waals surface area contributed by atoms with Crippen molar-refractivity contribution in [2.45, 2.75) is 11.4 Å². The van der Waals surface area contributed by atoms with Crippen LogP contribution in [0.15, 0.2) is 53.4 Å². The highest BCUT2D eigenvalue weighted by atomic mass is 35.5. The first-order valence-corrected chi connectivity index (χ1v) is 9.02. The summed E-state index contributed by atoms with van der Waals surface area (Å²) in [6, 6.07) is 13.1. The van der Waals surface area contributed by atoms with Crippen molar-refractivity contribution in [2.24, 2.45) is 5.14 Å². The van der Waals surface area contributed by atoms with Crippen molar-refractivity contribution < 1.29 is 13.2 Å². The van der Waals surface area contributed by atoms with Crippen molar-refractivity contribution in [3.63, 3.8) is 0 Å². The van der Waals surface area contributed by atoms with E-state index in [0.717, 1.165) is 5.56 Å². The van der Waals surface area contributed by atoms with E-state index in [2.05, 4.69) is 5.32 Å². The molecule has 0 saturated carbocycles. The molecule has 0 saturated heterocycles. The summed E-state index contributed by atoms with van der Waals surface area (Å²) in [7, 11) is -1.90. The highest BCUT2D eigenvalue weighted by molar-refractivity contribution is 7.89. The van der Waals surface area contributed by atoms with Crippen LogP contribution in [0.5, 0.6) is 0 Å². The molecule has 1 amide bonds. The van der Waals surface area contributed by atoms with Crippen molar-refractivity contribution in [3.8, 4) is 0 Å². The molecule has 3 N–H and O–H groups in total. The third-order valence-electron chi connectivity index (χ3n) is 3.25. The number of anilines is 1. The summed E-state index contributed by atoms with van der Waals surface area (Å²) in [5.41, 5.74) is 1.56. The van der Waals surface area contributed by atoms with Gasteiger partial charge in [-0.3, -0.25) is 9.69 Å². The second kappa shape index (κ2) is 7.76. The van der Waals surface area contributed by atoms with Gasteiger partial charge in [0, 0.05) is 17.3 Å². The van der Waals surface area contributed by atoms with E-state index in [4.69, 9.17) is 16.7 Å². The molecule has 2 aromatic carbocycles. The lowest BCUT2D eigenvalue weighted by atomic mass is 10.2. The molecule has 0 bridgehead atoms. The van der Waals surface area contributed by atoms with Gasteiger partial charge in [-0.25, -0.2) is 13.6 Å². The predicted octanol–water partition coefficient (Wildman–Crippen LogP) is 2.06. The molecule has 0 aliphatic rings. The molecule has 0 aliphatic carbocycles. The molecule has 128 valence electrons. The van der Waals surface area contributed by atoms with Crippen LogP contribution in [-0.2, 0) is 21.4 Å². The van der Waals surface area contributed by atoms with Crippen molar-refractivity contribution in [2.75, 3.05) is 18.9 Å². The molecule has 24 heavy (non-hydrogen) atoms. The minimum absolute atomic E-state index is 0.000329. The van der Waals surface area contributed by atoms with Gasteiger partial charge in [0.15, 0.2) is 0 Å². The Labute approximate surface area is 146 Å². The van der Waals surface area contributed by atoms with Crippen LogP contribution >= 0.6 is 11.6 Å². The van der Waals surface area contributed by atoms with Gasteiger partial charge < -0.3 is 5.32 Å². The summed E-state index contributed by atoms with van der Waals surface area (Å²) in [5.74, 6) is -0.199. The van der Waals surface area contributed by atoms with E-state index in [-0.39, 0.29) is 17.3 Å². The molecule has 8 heteroatoms. The van der Waals surface area contributed by atoms with Gasteiger partial charge in [-0.1, -0.05) is 23.7 Å². The quantitative estimate of drug-likeness (QED) is 0.817. The van der Waals surface area contributed by atoms with Gasteiger partial charge in [-0.15, -0.1) is 0 Å². The van der Waals surface area contributed by atoms with E-state index in [1.54, 1.807) is 12.1 Å². The van der Waals surface area contributed by atoms with Crippen LogP contribution in [0.3, 0.4) is 0 Å². The van der Waals surface area contributed by atoms with Crippen LogP contribution in [0.2, 0.25) is 5.02 Å². The van der Waals surface area contributed by atoms with Crippen LogP contribution in [0.25, 0.3) is 0 Å². The van der Waals surface area contributed by atoms with Gasteiger partial charge in [0.05, 0.1) is 11.4 Å². The average Bonchev–Trinajstić information content (AvgIpc) is 2.49. The summed E-state index contributed by atoms with van der Waals surface area (Å²) in [5, 5.41) is 8.40. The number of likely N-dealkylation sites (N-methyl/N-ethyl adjacent to an activating group) is 1. The Hall–Kier alpha value is -1.93. The van der Waals surface area contributed by atoms with Gasteiger partial charge in [0.1, 0.15) is 0 Å². The van der Waals surface area contributed by atoms with Crippen molar-refractivity contribution in [3.05, 3.63) is 59.1 Å². The number of amides is 1. The first kappa shape index (κ1) is 18.4. The topological polar surface area (TPSA) is 92.5 Å². The molecular formula is C16H18ClN3O3S. The van der Waals surface area contributed by atoms with E-state index in [9.17, 15) is 13.2 Å². The lowest BCUT2D eigenvalue weighted by Gasteiger charge is -2.16. The van der Waals surface area contributed by atoms with Crippen molar-refractivity contribution in [1.82, 2.24) is 4.90 Å². The number of nitrogens with two attached hydrogens (primary N) is 1. The number of benzene rings is 2. The maximum atomic E-state index is 12.0. The van der Waals surface area contributed by atoms with E-state index in [1.165, 1.54) is 24.3 Å². The van der Waals surface area contributed by atoms with Crippen LogP contribution in [0.1, 0.15) is 5.56 Å². The number of nitrogens with zero attached hydrogens (tertiary/aromatic N) is 1. The van der Waals surface area contributed by atoms with Gasteiger partial charge in [-0.2, -0.15) is 0 Å². The van der Waals surface area contributed by atoms with Crippen LogP contribution < -0.4 is 10.5 Å². The van der Waals surface area contributed by atoms with Gasteiger partial charge in [-0.05, 0) is 49.0 Å². The fraction of sp³-hybridized carbons (Fsp3) is 0.188. The zero-order valence-electron chi connectivity index (χ0n) is 13.1. The highest BCUT2D eigenvalue weighted by Gasteiger charge is 2.10. The van der Waals surface area contributed by atoms with E-state index in [1.807, 2.05) is 24.1 Å². The smallest absolute Gasteiger partial charge is 0.238 e. The third-order valence-corrected chi connectivity index (χ3v) is 4.43. The number of halogens is 1. The average molecular weight is 368 g/mol. The Morgan fingerprint density at radius 3 is 2.25 bits per heavy atom. The number of nitrogens with one attached hydrogen (secondary N) is 1. The molecule has 0 aromatic heterocycles. The lowest BCUT2D eigenvalue weighted by molar-refractivity contribution is -0.117. The second-order valence-electron chi connectivity index (χ2n) is 5.42. The van der Waals surface area contributed by atoms with Crippen LogP contribution in [0.4, 0.5) is 5.69 Å². The summed E-state index contributed by atoms with van der Waals surface area (Å²) >= 11 is 5.84. The van der Waals surface area contributed by atoms with E-state index < -0.39 is 10.0 Å². The standard InChI is InChI=1S/C16H18ClN3O3S/c1-20(10-12-2-4-13(17)5-3-12)11-16(21)19-14-6-8-15(9-7-14)24(18,22)23/h2-9H,10-11H2,1H3,(H,19,21)(H2,18,22,23). The Balaban J connectivity index is 1.89. The molecule has 2 rings (SSSR count). The molecule has 0 fully saturated rings. The van der Waals surface area contributed by atoms with Gasteiger partial charge in [0.25, 0.3) is 0 Å². The monoisotopic (exact) mass is 367 g/mol. The fourth-order valence-electron chi connectivity index (χ4n) is 2.13. The number of primary sulfonamides is 1. The molecule has 0 heterocycles. The predicted molar refractivity (Wildman–Crippen MR) is 94.2 cm³/mol. The van der Waals surface area contributed by atoms with Crippen LogP contribution in [-0.4, -0.2) is 32.8 Å². The number of hydrogen-bond donors (Lipinski definition) is 2. The maximum absolute atomic E-state index is 12.0. The molecule has 6 nitrogen and oxygen atoms in total. The van der Waals surface area contributed by atoms with Crippen molar-refractivity contribution >= 4 is 33.2 Å². The fourth-order valence-corrected chi connectivity index (χ4v) is 2.77. The van der Waals surface area contributed by atoms with Crippen LogP contribution in [0, 0.1) is 0 Å². The molecular weight excluding hydrogens is 350 g/mol. The zero-order valence-corrected chi connectivity index (χ0v) is 14.6. The largest absolute Gasteiger partial charge is 0.325 e. The minimum Gasteiger partial charge on any atom is -0.325 e. The lowest BCUT2D eigenvalue weighted by Crippen LogP contribution is -2.29. The molecule has 0 spiro atoms. The first-order chi connectivity index (χ1) is 11.2. The number of rotatable bonds is 6. The van der Waals surface area contributed by atoms with Crippen molar-refractivity contribution in [1.29, 1.82) is 0 Å². The number of hydrogen-bond acceptors (Lipinski definition) is 4. The molecule has 0 aliphatic heterocycles. The Bertz CT molecular complexity index is 805. The minimum atomic E-state index is -3.74. The molecule has 0 unspecified atom stereocenters. The first-order valence-electron chi connectivity index (χ1n) is 7.10. The Kier molecular flexibility index (Phi) is 5.95. The van der Waals surface area contributed by atoms with E-state index in [0.29, 0.717) is 17.3 Å².